The zero-order valence-electron chi connectivity index (χ0n) is 14.1. The predicted molar refractivity (Wildman–Crippen MR) is 89.8 cm³/mol. The zero-order valence-corrected chi connectivity index (χ0v) is 14.1. The lowest BCUT2D eigenvalue weighted by molar-refractivity contribution is -0.144. The van der Waals surface area contributed by atoms with Crippen LogP contribution in [0.2, 0.25) is 0 Å². The number of hydrogen-bond donors (Lipinski definition) is 0. The van der Waals surface area contributed by atoms with Crippen molar-refractivity contribution in [3.63, 3.8) is 0 Å². The van der Waals surface area contributed by atoms with Gasteiger partial charge in [0, 0.05) is 25.2 Å². The van der Waals surface area contributed by atoms with Crippen molar-refractivity contribution >= 4 is 11.8 Å². The molecule has 2 saturated heterocycles. The Morgan fingerprint density at radius 3 is 2.62 bits per heavy atom. The fourth-order valence-corrected chi connectivity index (χ4v) is 3.97. The number of methoxy groups -OCH3 is 1. The van der Waals surface area contributed by atoms with E-state index in [1.54, 1.807) is 36.3 Å². The Morgan fingerprint density at radius 2 is 1.96 bits per heavy atom. The molecule has 5 heteroatoms. The van der Waals surface area contributed by atoms with Crippen molar-refractivity contribution in [2.45, 2.75) is 31.7 Å². The van der Waals surface area contributed by atoms with Gasteiger partial charge in [-0.3, -0.25) is 9.59 Å². The summed E-state index contributed by atoms with van der Waals surface area (Å²) in [5.41, 5.74) is 0.626. The highest BCUT2D eigenvalue weighted by molar-refractivity contribution is 5.98. The second-order valence-corrected chi connectivity index (χ2v) is 7.32. The third-order valence-electron chi connectivity index (χ3n) is 5.56. The summed E-state index contributed by atoms with van der Waals surface area (Å²) in [5.74, 6) is 2.09. The minimum absolute atomic E-state index is 0.0391. The Bertz CT molecular complexity index is 639. The van der Waals surface area contributed by atoms with E-state index in [0.717, 1.165) is 31.7 Å². The van der Waals surface area contributed by atoms with E-state index >= 15 is 0 Å². The first-order valence-electron chi connectivity index (χ1n) is 8.89. The number of benzene rings is 1. The fraction of sp³-hybridized carbons (Fsp3) is 0.579. The number of carbonyl (C=O) groups excluding carboxylic acids is 2. The first-order chi connectivity index (χ1) is 11.7. The van der Waals surface area contributed by atoms with Crippen LogP contribution in [0.3, 0.4) is 0 Å². The number of ether oxygens (including phenoxy) is 1. The van der Waals surface area contributed by atoms with Gasteiger partial charge in [0.2, 0.25) is 5.91 Å². The summed E-state index contributed by atoms with van der Waals surface area (Å²) in [6, 6.07) is 6.88. The van der Waals surface area contributed by atoms with E-state index in [2.05, 4.69) is 0 Å². The molecule has 2 amide bonds. The molecule has 3 fully saturated rings. The number of fused-ring (bicyclic) bond motifs is 2. The third-order valence-corrected chi connectivity index (χ3v) is 5.56. The van der Waals surface area contributed by atoms with Crippen LogP contribution in [0, 0.1) is 11.8 Å². The van der Waals surface area contributed by atoms with Gasteiger partial charge in [-0.15, -0.1) is 0 Å². The number of nitrogens with zero attached hydrogens (tertiary/aromatic N) is 2. The summed E-state index contributed by atoms with van der Waals surface area (Å²) < 4.78 is 5.15. The summed E-state index contributed by atoms with van der Waals surface area (Å²) in [6.45, 7) is 2.45. The average Bonchev–Trinajstić information content (AvgIpc) is 3.43. The van der Waals surface area contributed by atoms with Gasteiger partial charge in [0.25, 0.3) is 5.91 Å². The molecule has 0 N–H and O–H groups in total. The highest BCUT2D eigenvalue weighted by Crippen LogP contribution is 2.35. The van der Waals surface area contributed by atoms with E-state index in [9.17, 15) is 9.59 Å². The van der Waals surface area contributed by atoms with Gasteiger partial charge in [-0.2, -0.15) is 0 Å². The van der Waals surface area contributed by atoms with E-state index < -0.39 is 0 Å². The summed E-state index contributed by atoms with van der Waals surface area (Å²) >= 11 is 0. The quantitative estimate of drug-likeness (QED) is 0.851. The summed E-state index contributed by atoms with van der Waals surface area (Å²) in [5, 5.41) is 0. The van der Waals surface area contributed by atoms with Gasteiger partial charge in [0.1, 0.15) is 11.8 Å². The maximum atomic E-state index is 12.9. The van der Waals surface area contributed by atoms with Gasteiger partial charge in [0.15, 0.2) is 0 Å². The average molecular weight is 328 g/mol. The number of carbonyl (C=O) groups is 2. The second kappa shape index (κ2) is 6.11. The molecule has 1 aliphatic carbocycles. The molecular formula is C19H24N2O3. The van der Waals surface area contributed by atoms with Crippen LogP contribution in [-0.2, 0) is 4.79 Å². The second-order valence-electron chi connectivity index (χ2n) is 7.32. The minimum Gasteiger partial charge on any atom is -0.497 e. The molecule has 24 heavy (non-hydrogen) atoms. The molecule has 0 radical (unpaired) electrons. The lowest BCUT2D eigenvalue weighted by Crippen LogP contribution is -2.60. The van der Waals surface area contributed by atoms with Crippen molar-refractivity contribution < 1.29 is 14.3 Å². The number of piperidine rings is 2. The molecule has 2 aliphatic heterocycles. The SMILES string of the molecule is COc1ccc(C(=O)N2CC[C@H]3C[C@@H]2C(=O)N(CC2CC2)C3)cc1. The Labute approximate surface area is 142 Å². The van der Waals surface area contributed by atoms with Crippen molar-refractivity contribution in [3.05, 3.63) is 29.8 Å². The largest absolute Gasteiger partial charge is 0.497 e. The van der Waals surface area contributed by atoms with Crippen LogP contribution < -0.4 is 4.74 Å². The van der Waals surface area contributed by atoms with Crippen LogP contribution >= 0.6 is 0 Å². The molecule has 1 saturated carbocycles. The Morgan fingerprint density at radius 1 is 1.21 bits per heavy atom. The Kier molecular flexibility index (Phi) is 3.94. The van der Waals surface area contributed by atoms with Crippen LogP contribution in [0.1, 0.15) is 36.0 Å². The molecule has 2 heterocycles. The van der Waals surface area contributed by atoms with Gasteiger partial charge in [0.05, 0.1) is 7.11 Å². The van der Waals surface area contributed by atoms with Crippen LogP contribution in [0.15, 0.2) is 24.3 Å². The number of amides is 2. The normalized spacial score (nSPS) is 26.5. The van der Waals surface area contributed by atoms with Crippen molar-refractivity contribution in [2.24, 2.45) is 11.8 Å². The third kappa shape index (κ3) is 2.87. The molecule has 2 atom stereocenters. The standard InChI is InChI=1S/C19H24N2O3/c1-24-16-6-4-15(5-7-16)18(22)21-9-8-14-10-17(21)19(23)20(12-14)11-13-2-3-13/h4-7,13-14,17H,2-3,8-12H2,1H3/t14-,17+/m0/s1. The molecule has 2 bridgehead atoms. The molecule has 1 aromatic rings. The number of likely N-dealkylation sites (tertiary alicyclic amines) is 2. The highest BCUT2D eigenvalue weighted by atomic mass is 16.5. The Hall–Kier alpha value is -2.04. The van der Waals surface area contributed by atoms with Crippen molar-refractivity contribution in [3.8, 4) is 5.75 Å². The molecule has 0 aromatic heterocycles. The van der Waals surface area contributed by atoms with Crippen molar-refractivity contribution in [1.82, 2.24) is 9.80 Å². The summed E-state index contributed by atoms with van der Waals surface area (Å²) in [4.78, 5) is 29.6. The highest BCUT2D eigenvalue weighted by Gasteiger charge is 2.44. The molecule has 128 valence electrons. The van der Waals surface area contributed by atoms with Crippen LogP contribution in [0.5, 0.6) is 5.75 Å². The fourth-order valence-electron chi connectivity index (χ4n) is 3.97. The van der Waals surface area contributed by atoms with Crippen LogP contribution in [0.4, 0.5) is 0 Å². The lowest BCUT2D eigenvalue weighted by Gasteiger charge is -2.46. The number of hydrogen-bond acceptors (Lipinski definition) is 3. The molecule has 4 rings (SSSR count). The summed E-state index contributed by atoms with van der Waals surface area (Å²) in [7, 11) is 1.61. The first-order valence-corrected chi connectivity index (χ1v) is 8.89. The van der Waals surface area contributed by atoms with Crippen molar-refractivity contribution in [1.29, 1.82) is 0 Å². The first kappa shape index (κ1) is 15.5. The maximum absolute atomic E-state index is 12.9. The van der Waals surface area contributed by atoms with Gasteiger partial charge >= 0.3 is 0 Å². The molecule has 3 aliphatic rings. The summed E-state index contributed by atoms with van der Waals surface area (Å²) in [6.07, 6.45) is 4.30. The number of rotatable bonds is 4. The minimum atomic E-state index is -0.272. The van der Waals surface area contributed by atoms with Gasteiger partial charge in [-0.25, -0.2) is 0 Å². The molecule has 1 aromatic carbocycles. The predicted octanol–water partition coefficient (Wildman–Crippen LogP) is 2.17. The van der Waals surface area contributed by atoms with Crippen LogP contribution in [0.25, 0.3) is 0 Å². The smallest absolute Gasteiger partial charge is 0.254 e. The van der Waals surface area contributed by atoms with E-state index in [0.29, 0.717) is 23.9 Å². The maximum Gasteiger partial charge on any atom is 0.254 e. The van der Waals surface area contributed by atoms with Gasteiger partial charge < -0.3 is 14.5 Å². The van der Waals surface area contributed by atoms with E-state index in [4.69, 9.17) is 4.74 Å². The van der Waals surface area contributed by atoms with Crippen LogP contribution in [-0.4, -0.2) is 54.4 Å². The molecular weight excluding hydrogens is 304 g/mol. The van der Waals surface area contributed by atoms with Crippen molar-refractivity contribution in [2.75, 3.05) is 26.7 Å². The molecule has 0 spiro atoms. The zero-order chi connectivity index (χ0) is 16.7. The lowest BCUT2D eigenvalue weighted by atomic mass is 9.85. The monoisotopic (exact) mass is 328 g/mol. The van der Waals surface area contributed by atoms with E-state index in [1.165, 1.54) is 12.8 Å². The van der Waals surface area contributed by atoms with E-state index in [1.807, 2.05) is 4.90 Å². The van der Waals surface area contributed by atoms with Gasteiger partial charge in [-0.05, 0) is 61.8 Å². The Balaban J connectivity index is 1.51. The van der Waals surface area contributed by atoms with E-state index in [-0.39, 0.29) is 17.9 Å². The molecule has 0 unspecified atom stereocenters. The topological polar surface area (TPSA) is 49.9 Å². The van der Waals surface area contributed by atoms with Gasteiger partial charge in [-0.1, -0.05) is 0 Å². The molecule has 5 nitrogen and oxygen atoms in total.